The van der Waals surface area contributed by atoms with Crippen molar-refractivity contribution in [1.29, 1.82) is 0 Å². The maximum atomic E-state index is 5.25. The first-order valence-corrected chi connectivity index (χ1v) is 7.83. The van der Waals surface area contributed by atoms with Crippen LogP contribution in [0.3, 0.4) is 0 Å². The second kappa shape index (κ2) is 6.32. The number of rotatable bonds is 4. The van der Waals surface area contributed by atoms with Gasteiger partial charge >= 0.3 is 0 Å². The van der Waals surface area contributed by atoms with Crippen LogP contribution in [0.2, 0.25) is 0 Å². The average molecular weight is 404 g/mol. The molecule has 0 bridgehead atoms. The zero-order valence-corrected chi connectivity index (χ0v) is 14.7. The van der Waals surface area contributed by atoms with Crippen LogP contribution in [0.1, 0.15) is 26.7 Å². The number of hydrogen-bond donors (Lipinski definition) is 1. The van der Waals surface area contributed by atoms with Gasteiger partial charge in [0.15, 0.2) is 0 Å². The van der Waals surface area contributed by atoms with Gasteiger partial charge in [0.25, 0.3) is 0 Å². The van der Waals surface area contributed by atoms with Crippen molar-refractivity contribution in [3.63, 3.8) is 0 Å². The molecular formula is C13H16Br2N4O. The van der Waals surface area contributed by atoms with Crippen molar-refractivity contribution in [2.75, 3.05) is 6.54 Å². The van der Waals surface area contributed by atoms with Crippen LogP contribution in [0.15, 0.2) is 25.7 Å². The summed E-state index contributed by atoms with van der Waals surface area (Å²) < 4.78 is 6.97. The molecule has 0 radical (unpaired) electrons. The van der Waals surface area contributed by atoms with Gasteiger partial charge in [-0.05, 0) is 58.7 Å². The van der Waals surface area contributed by atoms with Crippen molar-refractivity contribution in [2.24, 2.45) is 0 Å². The molecule has 0 saturated heterocycles. The molecule has 0 aliphatic carbocycles. The van der Waals surface area contributed by atoms with Crippen molar-refractivity contribution < 1.29 is 4.52 Å². The minimum atomic E-state index is 0.0825. The predicted molar refractivity (Wildman–Crippen MR) is 84.4 cm³/mol. The molecular weight excluding hydrogens is 388 g/mol. The molecule has 2 rings (SSSR count). The number of nitrogens with zero attached hydrogens (tertiary/aromatic N) is 3. The van der Waals surface area contributed by atoms with Gasteiger partial charge in [0.1, 0.15) is 5.69 Å². The van der Waals surface area contributed by atoms with Crippen molar-refractivity contribution in [3.05, 3.63) is 27.1 Å². The minimum absolute atomic E-state index is 0.0825. The third kappa shape index (κ3) is 4.36. The first-order valence-electron chi connectivity index (χ1n) is 6.24. The van der Waals surface area contributed by atoms with Gasteiger partial charge in [-0.2, -0.15) is 4.98 Å². The lowest BCUT2D eigenvalue weighted by atomic mass is 10.1. The number of hydrogen-bond acceptors (Lipinski definition) is 5. The lowest BCUT2D eigenvalue weighted by molar-refractivity contribution is 0.362. The Balaban J connectivity index is 2.05. The zero-order chi connectivity index (χ0) is 14.8. The van der Waals surface area contributed by atoms with Crippen LogP contribution in [0.25, 0.3) is 11.5 Å². The molecule has 2 aromatic heterocycles. The van der Waals surface area contributed by atoms with Gasteiger partial charge < -0.3 is 9.84 Å². The molecule has 108 valence electrons. The number of aromatic nitrogens is 3. The standard InChI is InChI=1S/C13H16Br2N4O/c1-13(2,3)17-5-4-10-18-12(19-20-10)11-9(15)6-8(14)7-16-11/h6-7,17H,4-5H2,1-3H3. The number of pyridine rings is 1. The van der Waals surface area contributed by atoms with E-state index < -0.39 is 0 Å². The third-order valence-corrected chi connectivity index (χ3v) is 3.52. The zero-order valence-electron chi connectivity index (χ0n) is 11.6. The monoisotopic (exact) mass is 402 g/mol. The Morgan fingerprint density at radius 2 is 2.05 bits per heavy atom. The molecule has 0 aliphatic rings. The highest BCUT2D eigenvalue weighted by Crippen LogP contribution is 2.26. The topological polar surface area (TPSA) is 63.8 Å². The number of halogens is 2. The Kier molecular flexibility index (Phi) is 4.93. The largest absolute Gasteiger partial charge is 0.339 e. The Bertz CT molecular complexity index is 592. The Hall–Kier alpha value is -0.790. The van der Waals surface area contributed by atoms with E-state index in [4.69, 9.17) is 4.52 Å². The van der Waals surface area contributed by atoms with Gasteiger partial charge in [-0.15, -0.1) is 0 Å². The molecule has 0 amide bonds. The Morgan fingerprint density at radius 3 is 2.70 bits per heavy atom. The normalized spacial score (nSPS) is 11.8. The summed E-state index contributed by atoms with van der Waals surface area (Å²) in [5.74, 6) is 1.10. The molecule has 0 aliphatic heterocycles. The molecule has 7 heteroatoms. The van der Waals surface area contributed by atoms with Crippen LogP contribution in [0, 0.1) is 0 Å². The van der Waals surface area contributed by atoms with Gasteiger partial charge in [-0.1, -0.05) is 5.16 Å². The second-order valence-electron chi connectivity index (χ2n) is 5.42. The van der Waals surface area contributed by atoms with E-state index in [1.807, 2.05) is 6.07 Å². The molecule has 0 saturated carbocycles. The van der Waals surface area contributed by atoms with E-state index in [1.54, 1.807) is 6.20 Å². The summed E-state index contributed by atoms with van der Waals surface area (Å²) in [4.78, 5) is 8.65. The van der Waals surface area contributed by atoms with Gasteiger partial charge in [-0.25, -0.2) is 0 Å². The second-order valence-corrected chi connectivity index (χ2v) is 7.19. The highest BCUT2D eigenvalue weighted by Gasteiger charge is 2.14. The lowest BCUT2D eigenvalue weighted by Crippen LogP contribution is -2.37. The quantitative estimate of drug-likeness (QED) is 0.844. The van der Waals surface area contributed by atoms with E-state index >= 15 is 0 Å². The van der Waals surface area contributed by atoms with Crippen LogP contribution >= 0.6 is 31.9 Å². The van der Waals surface area contributed by atoms with E-state index in [9.17, 15) is 0 Å². The first kappa shape index (κ1) is 15.6. The fraction of sp³-hybridized carbons (Fsp3) is 0.462. The van der Waals surface area contributed by atoms with E-state index in [0.717, 1.165) is 15.5 Å². The van der Waals surface area contributed by atoms with Crippen molar-refractivity contribution >= 4 is 31.9 Å². The molecule has 0 unspecified atom stereocenters. The van der Waals surface area contributed by atoms with Crippen LogP contribution in [0.4, 0.5) is 0 Å². The number of nitrogens with one attached hydrogen (secondary N) is 1. The van der Waals surface area contributed by atoms with Crippen LogP contribution in [-0.4, -0.2) is 27.2 Å². The molecule has 0 fully saturated rings. The van der Waals surface area contributed by atoms with E-state index in [1.165, 1.54) is 0 Å². The highest BCUT2D eigenvalue weighted by molar-refractivity contribution is 9.11. The summed E-state index contributed by atoms with van der Waals surface area (Å²) in [6, 6.07) is 1.90. The van der Waals surface area contributed by atoms with Crippen LogP contribution in [0.5, 0.6) is 0 Å². The molecule has 5 nitrogen and oxygen atoms in total. The smallest absolute Gasteiger partial charge is 0.228 e. The summed E-state index contributed by atoms with van der Waals surface area (Å²) in [5, 5.41) is 7.35. The summed E-state index contributed by atoms with van der Waals surface area (Å²) >= 11 is 6.81. The SMILES string of the molecule is CC(C)(C)NCCc1nc(-c2ncc(Br)cc2Br)no1. The van der Waals surface area contributed by atoms with Gasteiger partial charge in [0.05, 0.1) is 0 Å². The molecule has 0 spiro atoms. The van der Waals surface area contributed by atoms with E-state index in [2.05, 4.69) is 73.1 Å². The molecule has 0 aromatic carbocycles. The van der Waals surface area contributed by atoms with Gasteiger partial charge in [-0.3, -0.25) is 4.98 Å². The fourth-order valence-corrected chi connectivity index (χ4v) is 2.74. The molecule has 20 heavy (non-hydrogen) atoms. The molecule has 0 atom stereocenters. The third-order valence-electron chi connectivity index (χ3n) is 2.48. The van der Waals surface area contributed by atoms with Gasteiger partial charge in [0, 0.05) is 33.6 Å². The Labute approximate surface area is 134 Å². The summed E-state index contributed by atoms with van der Waals surface area (Å²) in [6.45, 7) is 7.15. The minimum Gasteiger partial charge on any atom is -0.339 e. The average Bonchev–Trinajstić information content (AvgIpc) is 2.75. The van der Waals surface area contributed by atoms with E-state index in [0.29, 0.717) is 23.8 Å². The van der Waals surface area contributed by atoms with E-state index in [-0.39, 0.29) is 5.54 Å². The Morgan fingerprint density at radius 1 is 1.30 bits per heavy atom. The lowest BCUT2D eigenvalue weighted by Gasteiger charge is -2.19. The molecule has 2 aromatic rings. The van der Waals surface area contributed by atoms with Crippen molar-refractivity contribution in [3.8, 4) is 11.5 Å². The van der Waals surface area contributed by atoms with Crippen molar-refractivity contribution in [2.45, 2.75) is 32.7 Å². The molecule has 2 heterocycles. The van der Waals surface area contributed by atoms with Crippen molar-refractivity contribution in [1.82, 2.24) is 20.4 Å². The maximum absolute atomic E-state index is 5.25. The highest BCUT2D eigenvalue weighted by atomic mass is 79.9. The van der Waals surface area contributed by atoms with Crippen LogP contribution in [-0.2, 0) is 6.42 Å². The van der Waals surface area contributed by atoms with Crippen LogP contribution < -0.4 is 5.32 Å². The van der Waals surface area contributed by atoms with Gasteiger partial charge in [0.2, 0.25) is 11.7 Å². The summed E-state index contributed by atoms with van der Waals surface area (Å²) in [7, 11) is 0. The predicted octanol–water partition coefficient (Wildman–Crippen LogP) is 3.59. The molecule has 1 N–H and O–H groups in total. The fourth-order valence-electron chi connectivity index (χ4n) is 1.58. The summed E-state index contributed by atoms with van der Waals surface area (Å²) in [5.41, 5.74) is 0.756. The first-order chi connectivity index (χ1) is 9.35. The summed E-state index contributed by atoms with van der Waals surface area (Å²) in [6.07, 6.45) is 2.40. The maximum Gasteiger partial charge on any atom is 0.228 e.